The minimum Gasteiger partial charge on any atom is -0.496 e. The Kier molecular flexibility index (Phi) is 6.15. The predicted molar refractivity (Wildman–Crippen MR) is 83.2 cm³/mol. The molecule has 0 amide bonds. The van der Waals surface area contributed by atoms with E-state index in [1.165, 1.54) is 11.1 Å². The average molecular weight is 284 g/mol. The smallest absolute Gasteiger partial charge is 0.123 e. The number of alkyl halides is 1. The van der Waals surface area contributed by atoms with E-state index >= 15 is 0 Å². The van der Waals surface area contributed by atoms with Crippen LogP contribution in [0.1, 0.15) is 38.3 Å². The molecule has 0 radical (unpaired) electrons. The highest BCUT2D eigenvalue weighted by Gasteiger charge is 2.23. The molecule has 2 nitrogen and oxygen atoms in total. The maximum Gasteiger partial charge on any atom is 0.123 e. The second-order valence-corrected chi connectivity index (χ2v) is 6.47. The fourth-order valence-corrected chi connectivity index (χ4v) is 2.45. The lowest BCUT2D eigenvalue weighted by Gasteiger charge is -2.31. The second-order valence-electron chi connectivity index (χ2n) is 6.09. The van der Waals surface area contributed by atoms with Gasteiger partial charge in [-0.3, -0.25) is 0 Å². The van der Waals surface area contributed by atoms with Crippen molar-refractivity contribution in [1.82, 2.24) is 5.32 Å². The van der Waals surface area contributed by atoms with Crippen LogP contribution in [-0.4, -0.2) is 19.0 Å². The van der Waals surface area contributed by atoms with Gasteiger partial charge in [0, 0.05) is 24.0 Å². The first-order chi connectivity index (χ1) is 8.88. The van der Waals surface area contributed by atoms with E-state index in [2.05, 4.69) is 45.1 Å². The van der Waals surface area contributed by atoms with Crippen LogP contribution >= 0.6 is 11.6 Å². The quantitative estimate of drug-likeness (QED) is 0.793. The van der Waals surface area contributed by atoms with E-state index in [0.717, 1.165) is 18.7 Å². The van der Waals surface area contributed by atoms with Crippen molar-refractivity contribution in [2.24, 2.45) is 5.41 Å². The van der Waals surface area contributed by atoms with Crippen molar-refractivity contribution in [3.63, 3.8) is 0 Å². The van der Waals surface area contributed by atoms with E-state index in [1.807, 2.05) is 6.07 Å². The molecule has 1 N–H and O–H groups in total. The first-order valence-corrected chi connectivity index (χ1v) is 7.34. The first-order valence-electron chi connectivity index (χ1n) is 6.81. The lowest BCUT2D eigenvalue weighted by atomic mass is 9.85. The van der Waals surface area contributed by atoms with Crippen molar-refractivity contribution >= 4 is 11.6 Å². The largest absolute Gasteiger partial charge is 0.496 e. The molecular formula is C16H26ClNO. The molecule has 1 rings (SSSR count). The molecule has 1 aromatic carbocycles. The van der Waals surface area contributed by atoms with E-state index in [1.54, 1.807) is 7.11 Å². The van der Waals surface area contributed by atoms with Crippen molar-refractivity contribution in [3.8, 4) is 5.75 Å². The standard InChI is InChI=1S/C16H26ClNO/c1-12-6-7-14(19-5)13(10-12)11-18-15(8-9-17)16(2,3)4/h6-7,10,15,18H,8-9,11H2,1-5H3. The summed E-state index contributed by atoms with van der Waals surface area (Å²) in [5.41, 5.74) is 2.65. The van der Waals surface area contributed by atoms with Gasteiger partial charge < -0.3 is 10.1 Å². The number of aryl methyl sites for hydroxylation is 1. The first kappa shape index (κ1) is 16.3. The van der Waals surface area contributed by atoms with Crippen molar-refractivity contribution in [1.29, 1.82) is 0 Å². The number of rotatable bonds is 6. The van der Waals surface area contributed by atoms with E-state index in [4.69, 9.17) is 16.3 Å². The fourth-order valence-electron chi connectivity index (χ4n) is 2.23. The highest BCUT2D eigenvalue weighted by atomic mass is 35.5. The molecule has 1 atom stereocenters. The number of benzene rings is 1. The lowest BCUT2D eigenvalue weighted by Crippen LogP contribution is -2.40. The Balaban J connectivity index is 2.76. The number of nitrogens with one attached hydrogen (secondary N) is 1. The third-order valence-electron chi connectivity index (χ3n) is 3.42. The van der Waals surface area contributed by atoms with Gasteiger partial charge >= 0.3 is 0 Å². The van der Waals surface area contributed by atoms with Crippen molar-refractivity contribution in [2.75, 3.05) is 13.0 Å². The maximum atomic E-state index is 5.90. The molecule has 19 heavy (non-hydrogen) atoms. The number of hydrogen-bond donors (Lipinski definition) is 1. The van der Waals surface area contributed by atoms with Gasteiger partial charge in [0.15, 0.2) is 0 Å². The van der Waals surface area contributed by atoms with Gasteiger partial charge in [0.1, 0.15) is 5.75 Å². The van der Waals surface area contributed by atoms with Crippen molar-refractivity contribution in [3.05, 3.63) is 29.3 Å². The number of methoxy groups -OCH3 is 1. The number of halogens is 1. The van der Waals surface area contributed by atoms with Crippen molar-refractivity contribution < 1.29 is 4.74 Å². The van der Waals surface area contributed by atoms with E-state index in [9.17, 15) is 0 Å². The van der Waals surface area contributed by atoms with E-state index in [-0.39, 0.29) is 5.41 Å². The summed E-state index contributed by atoms with van der Waals surface area (Å²) >= 11 is 5.90. The molecule has 0 aliphatic carbocycles. The van der Waals surface area contributed by atoms with Gasteiger partial charge in [-0.1, -0.05) is 38.5 Å². The Hall–Kier alpha value is -0.730. The van der Waals surface area contributed by atoms with Crippen LogP contribution in [0.4, 0.5) is 0 Å². The summed E-state index contributed by atoms with van der Waals surface area (Å²) in [5, 5.41) is 3.61. The topological polar surface area (TPSA) is 21.3 Å². The van der Waals surface area contributed by atoms with Gasteiger partial charge in [-0.05, 0) is 24.8 Å². The summed E-state index contributed by atoms with van der Waals surface area (Å²) in [6, 6.07) is 6.67. The molecule has 108 valence electrons. The second kappa shape index (κ2) is 7.16. The molecule has 0 fully saturated rings. The van der Waals surface area contributed by atoms with Crippen LogP contribution in [0, 0.1) is 12.3 Å². The van der Waals surface area contributed by atoms with Crippen LogP contribution in [0.15, 0.2) is 18.2 Å². The monoisotopic (exact) mass is 283 g/mol. The van der Waals surface area contributed by atoms with E-state index in [0.29, 0.717) is 11.9 Å². The van der Waals surface area contributed by atoms with Gasteiger partial charge in [0.05, 0.1) is 7.11 Å². The number of hydrogen-bond acceptors (Lipinski definition) is 2. The zero-order valence-electron chi connectivity index (χ0n) is 12.7. The molecule has 0 aliphatic heterocycles. The third kappa shape index (κ3) is 5.04. The lowest BCUT2D eigenvalue weighted by molar-refractivity contribution is 0.259. The summed E-state index contributed by atoms with van der Waals surface area (Å²) in [7, 11) is 1.72. The fraction of sp³-hybridized carbons (Fsp3) is 0.625. The van der Waals surface area contributed by atoms with Gasteiger partial charge in [0.25, 0.3) is 0 Å². The van der Waals surface area contributed by atoms with Gasteiger partial charge in [-0.15, -0.1) is 11.6 Å². The van der Waals surface area contributed by atoms with Crippen LogP contribution in [0.5, 0.6) is 5.75 Å². The van der Waals surface area contributed by atoms with E-state index < -0.39 is 0 Å². The SMILES string of the molecule is COc1ccc(C)cc1CNC(CCCl)C(C)(C)C. The van der Waals surface area contributed by atoms with Crippen LogP contribution in [0.2, 0.25) is 0 Å². The molecule has 0 heterocycles. The van der Waals surface area contributed by atoms with Gasteiger partial charge in [-0.25, -0.2) is 0 Å². The Morgan fingerprint density at radius 3 is 2.53 bits per heavy atom. The molecule has 0 saturated carbocycles. The summed E-state index contributed by atoms with van der Waals surface area (Å²) < 4.78 is 5.41. The van der Waals surface area contributed by atoms with Crippen LogP contribution in [0.3, 0.4) is 0 Å². The average Bonchev–Trinajstić information content (AvgIpc) is 2.33. The zero-order valence-corrected chi connectivity index (χ0v) is 13.5. The van der Waals surface area contributed by atoms with Crippen LogP contribution < -0.4 is 10.1 Å². The molecule has 1 aromatic rings. The third-order valence-corrected chi connectivity index (χ3v) is 3.64. The predicted octanol–water partition coefficient (Wildman–Crippen LogP) is 4.14. The minimum absolute atomic E-state index is 0.200. The Morgan fingerprint density at radius 2 is 2.00 bits per heavy atom. The molecule has 0 spiro atoms. The number of ether oxygens (including phenoxy) is 1. The molecular weight excluding hydrogens is 258 g/mol. The maximum absolute atomic E-state index is 5.90. The molecule has 0 saturated heterocycles. The summed E-state index contributed by atoms with van der Waals surface area (Å²) in [5.74, 6) is 1.62. The Labute approximate surface area is 122 Å². The van der Waals surface area contributed by atoms with Gasteiger partial charge in [0.2, 0.25) is 0 Å². The minimum atomic E-state index is 0.200. The van der Waals surface area contributed by atoms with Crippen molar-refractivity contribution in [2.45, 2.75) is 46.7 Å². The molecule has 0 bridgehead atoms. The highest BCUT2D eigenvalue weighted by Crippen LogP contribution is 2.24. The summed E-state index contributed by atoms with van der Waals surface area (Å²) in [4.78, 5) is 0. The van der Waals surface area contributed by atoms with Crippen LogP contribution in [0.25, 0.3) is 0 Å². The van der Waals surface area contributed by atoms with Crippen LogP contribution in [-0.2, 0) is 6.54 Å². The summed E-state index contributed by atoms with van der Waals surface area (Å²) in [6.45, 7) is 9.63. The molecule has 0 aromatic heterocycles. The zero-order chi connectivity index (χ0) is 14.5. The molecule has 1 unspecified atom stereocenters. The molecule has 3 heteroatoms. The molecule has 0 aliphatic rings. The van der Waals surface area contributed by atoms with Gasteiger partial charge in [-0.2, -0.15) is 0 Å². The normalized spacial score (nSPS) is 13.4. The Morgan fingerprint density at radius 1 is 1.32 bits per heavy atom. The summed E-state index contributed by atoms with van der Waals surface area (Å²) in [6.07, 6.45) is 0.971. The Bertz CT molecular complexity index is 398. The highest BCUT2D eigenvalue weighted by molar-refractivity contribution is 6.17.